The van der Waals surface area contributed by atoms with Crippen LogP contribution in [0.3, 0.4) is 0 Å². The summed E-state index contributed by atoms with van der Waals surface area (Å²) in [6.45, 7) is 2.31. The number of amidine groups is 1. The van der Waals surface area contributed by atoms with Crippen LogP contribution in [0.15, 0.2) is 251 Å². The van der Waals surface area contributed by atoms with Gasteiger partial charge in [-0.05, 0) is 122 Å². The van der Waals surface area contributed by atoms with Crippen LogP contribution in [0, 0.1) is 5.92 Å². The van der Waals surface area contributed by atoms with Crippen molar-refractivity contribution in [1.29, 1.82) is 0 Å². The predicted octanol–water partition coefficient (Wildman–Crippen LogP) is 18.4. The molecule has 0 spiro atoms. The molecule has 2 unspecified atom stereocenters. The van der Waals surface area contributed by atoms with E-state index in [1.165, 1.54) is 54.0 Å². The molecule has 0 radical (unpaired) electrons. The zero-order chi connectivity index (χ0) is 49.3. The molecule has 0 fully saturated rings. The molecule has 352 valence electrons. The Morgan fingerprint density at radius 3 is 1.85 bits per heavy atom. The third-order valence-corrected chi connectivity index (χ3v) is 16.3. The van der Waals surface area contributed by atoms with Gasteiger partial charge in [-0.1, -0.05) is 171 Å². The topological polar surface area (TPSA) is 47.7 Å². The lowest BCUT2D eigenvalue weighted by Gasteiger charge is -2.32. The summed E-state index contributed by atoms with van der Waals surface area (Å²) >= 11 is 0. The highest BCUT2D eigenvalue weighted by molar-refractivity contribution is 6.25. The van der Waals surface area contributed by atoms with E-state index in [1.54, 1.807) is 0 Å². The smallest absolute Gasteiger partial charge is 0.155 e. The normalized spacial score (nSPS) is 15.2. The monoisotopic (exact) mass is 958 g/mol. The Bertz CT molecular complexity index is 4950. The molecular weight excluding hydrogens is 913 g/mol. The highest BCUT2D eigenvalue weighted by atomic mass is 16.3. The summed E-state index contributed by atoms with van der Waals surface area (Å²) in [6, 6.07) is 85.9. The molecule has 0 amide bonds. The maximum absolute atomic E-state index is 7.14. The van der Waals surface area contributed by atoms with Crippen LogP contribution in [-0.2, 0) is 0 Å². The average Bonchev–Trinajstić information content (AvgIpc) is 4.17. The van der Waals surface area contributed by atoms with Crippen LogP contribution in [0.25, 0.3) is 120 Å². The van der Waals surface area contributed by atoms with E-state index in [2.05, 4.69) is 253 Å². The second kappa shape index (κ2) is 16.2. The third kappa shape index (κ3) is 6.25. The van der Waals surface area contributed by atoms with Crippen molar-refractivity contribution >= 4 is 120 Å². The molecule has 0 saturated carbocycles. The molecule has 5 nitrogen and oxygen atoms in total. The predicted molar refractivity (Wildman–Crippen MR) is 315 cm³/mol. The number of rotatable bonds is 6. The molecule has 3 aromatic heterocycles. The summed E-state index contributed by atoms with van der Waals surface area (Å²) in [5.41, 5.74) is 12.8. The van der Waals surface area contributed by atoms with Gasteiger partial charge >= 0.3 is 0 Å². The molecule has 0 aliphatic carbocycles. The lowest BCUT2D eigenvalue weighted by atomic mass is 9.80. The first kappa shape index (κ1) is 42.0. The number of nitrogens with zero attached hydrogens (tertiary/aromatic N) is 4. The molecule has 0 saturated heterocycles. The highest BCUT2D eigenvalue weighted by Crippen LogP contribution is 2.49. The van der Waals surface area contributed by atoms with E-state index in [0.29, 0.717) is 0 Å². The molecule has 12 aromatic carbocycles. The van der Waals surface area contributed by atoms with Crippen molar-refractivity contribution in [2.45, 2.75) is 19.4 Å². The summed E-state index contributed by atoms with van der Waals surface area (Å²) in [4.78, 5) is 11.8. The number of fused-ring (bicyclic) bond motifs is 15. The standard InChI is InChI=1S/C70H46N4O/c1-2-51-67(48-32-34-59-56(40-48)54-26-14-15-27-58(54)73(59)50-22-4-3-5-23-50)71-70(49-29-28-42-16-6-7-19-45(42)38-49)72-68(51)66-61(36-37-63-65(66)55-33-30-44-18-11-13-25-53(44)69(55)75-63)74-60-35-31-43-17-10-12-24-52(43)64(60)57-39-46-20-8-9-21-47(46)41-62(57)74/h3-41,51,68H,2H2,1H3. The molecule has 15 aromatic rings. The highest BCUT2D eigenvalue weighted by Gasteiger charge is 2.37. The zero-order valence-electron chi connectivity index (χ0n) is 41.1. The van der Waals surface area contributed by atoms with E-state index < -0.39 is 0 Å². The average molecular weight is 959 g/mol. The molecule has 2 atom stereocenters. The Hall–Kier alpha value is -9.58. The number of hydrogen-bond acceptors (Lipinski definition) is 3. The van der Waals surface area contributed by atoms with Crippen molar-refractivity contribution in [3.63, 3.8) is 0 Å². The molecule has 1 aliphatic heterocycles. The van der Waals surface area contributed by atoms with Crippen LogP contribution in [-0.4, -0.2) is 20.7 Å². The van der Waals surface area contributed by atoms with E-state index in [9.17, 15) is 0 Å². The third-order valence-electron chi connectivity index (χ3n) is 16.3. The Kier molecular flexibility index (Phi) is 9.07. The molecule has 1 aliphatic rings. The second-order valence-electron chi connectivity index (χ2n) is 20.3. The Balaban J connectivity index is 1.02. The van der Waals surface area contributed by atoms with Crippen molar-refractivity contribution in [2.24, 2.45) is 15.9 Å². The number of aromatic nitrogens is 2. The molecule has 5 heteroatoms. The molecule has 0 N–H and O–H groups in total. The quantitative estimate of drug-likeness (QED) is 0.164. The largest absolute Gasteiger partial charge is 0.455 e. The van der Waals surface area contributed by atoms with Gasteiger partial charge in [-0.2, -0.15) is 0 Å². The lowest BCUT2D eigenvalue weighted by molar-refractivity contribution is 0.534. The minimum atomic E-state index is -0.385. The summed E-state index contributed by atoms with van der Waals surface area (Å²) in [6.07, 6.45) is 0.790. The van der Waals surface area contributed by atoms with Crippen LogP contribution in [0.5, 0.6) is 0 Å². The number of para-hydroxylation sites is 2. The summed E-state index contributed by atoms with van der Waals surface area (Å²) in [5, 5.41) is 16.4. The fourth-order valence-corrected chi connectivity index (χ4v) is 12.9. The van der Waals surface area contributed by atoms with Crippen molar-refractivity contribution in [3.05, 3.63) is 253 Å². The van der Waals surface area contributed by atoms with E-state index in [-0.39, 0.29) is 12.0 Å². The lowest BCUT2D eigenvalue weighted by Crippen LogP contribution is -2.29. The SMILES string of the molecule is CCC1C(c2ccc3c(c2)c2ccccc2n3-c2ccccc2)=NC(c2ccc3ccccc3c2)=NC1c1c(-n2c3cc4ccccc4cc3c3c4ccccc4ccc32)ccc2oc3c4ccccc4ccc3c12. The van der Waals surface area contributed by atoms with Gasteiger partial charge in [0.2, 0.25) is 0 Å². The van der Waals surface area contributed by atoms with Crippen molar-refractivity contribution in [3.8, 4) is 11.4 Å². The minimum Gasteiger partial charge on any atom is -0.455 e. The Labute approximate surface area is 431 Å². The van der Waals surface area contributed by atoms with Crippen molar-refractivity contribution in [2.75, 3.05) is 0 Å². The fraction of sp³-hybridized carbons (Fsp3) is 0.0571. The molecular formula is C70H46N4O. The second-order valence-corrected chi connectivity index (χ2v) is 20.3. The van der Waals surface area contributed by atoms with Crippen LogP contribution < -0.4 is 0 Å². The van der Waals surface area contributed by atoms with Gasteiger partial charge in [0, 0.05) is 60.4 Å². The van der Waals surface area contributed by atoms with Crippen LogP contribution in [0.2, 0.25) is 0 Å². The van der Waals surface area contributed by atoms with E-state index in [1.807, 2.05) is 0 Å². The first-order valence-electron chi connectivity index (χ1n) is 26.1. The number of hydrogen-bond donors (Lipinski definition) is 0. The number of aliphatic imine (C=N–C) groups is 2. The van der Waals surface area contributed by atoms with Gasteiger partial charge in [0.1, 0.15) is 11.2 Å². The van der Waals surface area contributed by atoms with Gasteiger partial charge in [-0.25, -0.2) is 4.99 Å². The van der Waals surface area contributed by atoms with Gasteiger partial charge in [-0.3, -0.25) is 4.99 Å². The van der Waals surface area contributed by atoms with Gasteiger partial charge < -0.3 is 13.6 Å². The molecule has 0 bridgehead atoms. The van der Waals surface area contributed by atoms with Gasteiger partial charge in [-0.15, -0.1) is 0 Å². The summed E-state index contributed by atoms with van der Waals surface area (Å²) in [7, 11) is 0. The van der Waals surface area contributed by atoms with Crippen LogP contribution in [0.4, 0.5) is 0 Å². The van der Waals surface area contributed by atoms with Crippen LogP contribution in [0.1, 0.15) is 36.1 Å². The number of benzene rings is 12. The maximum atomic E-state index is 7.14. The molecule has 75 heavy (non-hydrogen) atoms. The van der Waals surface area contributed by atoms with E-state index in [0.717, 1.165) is 101 Å². The molecule has 16 rings (SSSR count). The number of furan rings is 1. The molecule has 4 heterocycles. The fourth-order valence-electron chi connectivity index (χ4n) is 12.9. The Morgan fingerprint density at radius 2 is 1.04 bits per heavy atom. The minimum absolute atomic E-state index is 0.126. The Morgan fingerprint density at radius 1 is 0.413 bits per heavy atom. The van der Waals surface area contributed by atoms with Gasteiger partial charge in [0.25, 0.3) is 0 Å². The summed E-state index contributed by atoms with van der Waals surface area (Å²) in [5.74, 6) is 0.594. The summed E-state index contributed by atoms with van der Waals surface area (Å²) < 4.78 is 12.1. The first-order chi connectivity index (χ1) is 37.1. The van der Waals surface area contributed by atoms with Crippen molar-refractivity contribution in [1.82, 2.24) is 9.13 Å². The van der Waals surface area contributed by atoms with E-state index >= 15 is 0 Å². The first-order valence-corrected chi connectivity index (χ1v) is 26.1. The zero-order valence-corrected chi connectivity index (χ0v) is 41.1. The van der Waals surface area contributed by atoms with Crippen LogP contribution >= 0.6 is 0 Å². The van der Waals surface area contributed by atoms with Crippen molar-refractivity contribution < 1.29 is 4.42 Å². The van der Waals surface area contributed by atoms with E-state index in [4.69, 9.17) is 14.4 Å². The van der Waals surface area contributed by atoms with Gasteiger partial charge in [0.15, 0.2) is 5.84 Å². The maximum Gasteiger partial charge on any atom is 0.155 e. The van der Waals surface area contributed by atoms with Gasteiger partial charge in [0.05, 0.1) is 39.5 Å².